The van der Waals surface area contributed by atoms with Crippen LogP contribution in [0.1, 0.15) is 33.9 Å². The van der Waals surface area contributed by atoms with E-state index in [-0.39, 0.29) is 11.5 Å². The first kappa shape index (κ1) is 19.9. The van der Waals surface area contributed by atoms with Crippen molar-refractivity contribution >= 4 is 33.8 Å². The van der Waals surface area contributed by atoms with E-state index in [0.29, 0.717) is 34.6 Å². The Bertz CT molecular complexity index is 1300. The first-order valence-corrected chi connectivity index (χ1v) is 11.4. The maximum Gasteiger partial charge on any atom is 0.259 e. The minimum absolute atomic E-state index is 0.207. The first-order chi connectivity index (χ1) is 15.1. The average molecular weight is 437 g/mol. The first-order valence-electron chi connectivity index (χ1n) is 10.5. The highest BCUT2D eigenvalue weighted by atomic mass is 32.1. The molecule has 31 heavy (non-hydrogen) atoms. The number of amides is 1. The molecule has 1 saturated heterocycles. The fraction of sp³-hybridized carbons (Fsp3) is 0.364. The minimum Gasteiger partial charge on any atom is -0.352 e. The quantitative estimate of drug-likeness (QED) is 0.501. The zero-order valence-electron chi connectivity index (χ0n) is 17.3. The number of hydrogen-bond acceptors (Lipinski definition) is 6. The van der Waals surface area contributed by atoms with Crippen LogP contribution in [0, 0.1) is 12.8 Å². The molecule has 1 aliphatic heterocycles. The number of thiazole rings is 1. The van der Waals surface area contributed by atoms with Crippen LogP contribution in [0.25, 0.3) is 16.6 Å². The SMILES string of the molecule is Cc1nc(CN2CCC(CNC(=O)c3cnn4c3[nH]c(=O)c3ccccc34)CC2)cs1. The minimum atomic E-state index is -0.222. The third-order valence-corrected chi connectivity index (χ3v) is 6.76. The second-order valence-electron chi connectivity index (χ2n) is 8.08. The number of nitrogens with zero attached hydrogens (tertiary/aromatic N) is 4. The van der Waals surface area contributed by atoms with Gasteiger partial charge in [0.05, 0.1) is 27.8 Å². The van der Waals surface area contributed by atoms with Crippen molar-refractivity contribution in [1.82, 2.24) is 29.8 Å². The van der Waals surface area contributed by atoms with Gasteiger partial charge in [-0.15, -0.1) is 11.3 Å². The molecule has 0 radical (unpaired) electrons. The summed E-state index contributed by atoms with van der Waals surface area (Å²) in [5.41, 5.74) is 2.42. The molecule has 0 bridgehead atoms. The van der Waals surface area contributed by atoms with Gasteiger partial charge in [-0.3, -0.25) is 14.5 Å². The number of benzene rings is 1. The monoisotopic (exact) mass is 436 g/mol. The van der Waals surface area contributed by atoms with Crippen molar-refractivity contribution < 1.29 is 4.79 Å². The molecule has 9 heteroatoms. The fourth-order valence-electron chi connectivity index (χ4n) is 4.23. The molecule has 3 aromatic heterocycles. The number of hydrogen-bond donors (Lipinski definition) is 2. The Morgan fingerprint density at radius 2 is 2.10 bits per heavy atom. The van der Waals surface area contributed by atoms with E-state index in [1.165, 1.54) is 6.20 Å². The van der Waals surface area contributed by atoms with Gasteiger partial charge in [-0.25, -0.2) is 9.50 Å². The third kappa shape index (κ3) is 3.98. The molecule has 4 aromatic rings. The van der Waals surface area contributed by atoms with Crippen molar-refractivity contribution in [2.45, 2.75) is 26.3 Å². The third-order valence-electron chi connectivity index (χ3n) is 5.93. The standard InChI is InChI=1S/C22H24N6O2S/c1-14-25-16(13-31-14)12-27-8-6-15(7-9-27)10-23-21(29)18-11-24-28-19-5-3-2-4-17(19)22(30)26-20(18)28/h2-5,11,13,15H,6-10,12H2,1H3,(H,23,29)(H,26,30). The molecule has 1 fully saturated rings. The highest BCUT2D eigenvalue weighted by Gasteiger charge is 2.22. The summed E-state index contributed by atoms with van der Waals surface area (Å²) in [5, 5.41) is 11.2. The lowest BCUT2D eigenvalue weighted by Crippen LogP contribution is -2.38. The molecule has 0 unspecified atom stereocenters. The number of H-pyrrole nitrogens is 1. The summed E-state index contributed by atoms with van der Waals surface area (Å²) in [4.78, 5) is 35.0. The lowest BCUT2D eigenvalue weighted by Gasteiger charge is -2.31. The summed E-state index contributed by atoms with van der Waals surface area (Å²) >= 11 is 1.69. The molecule has 160 valence electrons. The molecule has 5 rings (SSSR count). The largest absolute Gasteiger partial charge is 0.352 e. The molecule has 0 spiro atoms. The molecular formula is C22H24N6O2S. The Balaban J connectivity index is 1.21. The smallest absolute Gasteiger partial charge is 0.259 e. The van der Waals surface area contributed by atoms with Crippen LogP contribution in [-0.4, -0.2) is 50.0 Å². The van der Waals surface area contributed by atoms with Gasteiger partial charge in [-0.2, -0.15) is 5.10 Å². The predicted molar refractivity (Wildman–Crippen MR) is 121 cm³/mol. The van der Waals surface area contributed by atoms with E-state index in [4.69, 9.17) is 0 Å². The van der Waals surface area contributed by atoms with Crippen molar-refractivity contribution in [2.75, 3.05) is 19.6 Å². The fourth-order valence-corrected chi connectivity index (χ4v) is 4.84. The van der Waals surface area contributed by atoms with E-state index in [2.05, 4.69) is 30.7 Å². The van der Waals surface area contributed by atoms with Gasteiger partial charge in [0, 0.05) is 18.5 Å². The Kier molecular flexibility index (Phi) is 5.29. The Morgan fingerprint density at radius 3 is 2.87 bits per heavy atom. The number of carbonyl (C=O) groups is 1. The van der Waals surface area contributed by atoms with Crippen molar-refractivity contribution in [3.63, 3.8) is 0 Å². The van der Waals surface area contributed by atoms with Crippen LogP contribution < -0.4 is 10.9 Å². The number of carbonyl (C=O) groups excluding carboxylic acids is 1. The van der Waals surface area contributed by atoms with Gasteiger partial charge < -0.3 is 10.3 Å². The summed E-state index contributed by atoms with van der Waals surface area (Å²) in [6.45, 7) is 5.57. The number of aromatic amines is 1. The second kappa shape index (κ2) is 8.24. The van der Waals surface area contributed by atoms with Gasteiger partial charge in [-0.1, -0.05) is 12.1 Å². The Labute approximate surface area is 182 Å². The van der Waals surface area contributed by atoms with E-state index in [0.717, 1.165) is 43.2 Å². The van der Waals surface area contributed by atoms with Gasteiger partial charge in [0.15, 0.2) is 0 Å². The van der Waals surface area contributed by atoms with Gasteiger partial charge in [-0.05, 0) is 50.9 Å². The van der Waals surface area contributed by atoms with Crippen LogP contribution in [0.15, 0.2) is 40.6 Å². The number of aromatic nitrogens is 4. The highest BCUT2D eigenvalue weighted by Crippen LogP contribution is 2.20. The zero-order valence-corrected chi connectivity index (χ0v) is 18.1. The van der Waals surface area contributed by atoms with Crippen molar-refractivity contribution in [2.24, 2.45) is 5.92 Å². The highest BCUT2D eigenvalue weighted by molar-refractivity contribution is 7.09. The van der Waals surface area contributed by atoms with Gasteiger partial charge in [0.25, 0.3) is 11.5 Å². The molecule has 4 heterocycles. The molecule has 2 N–H and O–H groups in total. The lowest BCUT2D eigenvalue weighted by atomic mass is 9.96. The maximum atomic E-state index is 12.8. The summed E-state index contributed by atoms with van der Waals surface area (Å²) < 4.78 is 1.62. The summed E-state index contributed by atoms with van der Waals surface area (Å²) in [7, 11) is 0. The van der Waals surface area contributed by atoms with Crippen LogP contribution in [0.4, 0.5) is 0 Å². The maximum absolute atomic E-state index is 12.8. The number of likely N-dealkylation sites (tertiary alicyclic amines) is 1. The number of aryl methyl sites for hydroxylation is 1. The lowest BCUT2D eigenvalue weighted by molar-refractivity contribution is 0.0936. The van der Waals surface area contributed by atoms with E-state index < -0.39 is 0 Å². The van der Waals surface area contributed by atoms with Crippen LogP contribution >= 0.6 is 11.3 Å². The summed E-state index contributed by atoms with van der Waals surface area (Å²) in [6, 6.07) is 7.23. The molecule has 0 aliphatic carbocycles. The topological polar surface area (TPSA) is 95.4 Å². The molecule has 0 atom stereocenters. The summed E-state index contributed by atoms with van der Waals surface area (Å²) in [5.74, 6) is 0.236. The van der Waals surface area contributed by atoms with E-state index >= 15 is 0 Å². The Hall–Kier alpha value is -3.04. The second-order valence-corrected chi connectivity index (χ2v) is 9.14. The van der Waals surface area contributed by atoms with E-state index in [9.17, 15) is 9.59 Å². The Morgan fingerprint density at radius 1 is 1.29 bits per heavy atom. The van der Waals surface area contributed by atoms with Crippen molar-refractivity contribution in [3.8, 4) is 0 Å². The van der Waals surface area contributed by atoms with Crippen LogP contribution in [0.3, 0.4) is 0 Å². The molecule has 8 nitrogen and oxygen atoms in total. The van der Waals surface area contributed by atoms with Crippen molar-refractivity contribution in [1.29, 1.82) is 0 Å². The van der Waals surface area contributed by atoms with Gasteiger partial charge in [0.1, 0.15) is 11.2 Å². The van der Waals surface area contributed by atoms with Crippen LogP contribution in [0.2, 0.25) is 0 Å². The number of piperidine rings is 1. The molecule has 1 aromatic carbocycles. The molecule has 1 aliphatic rings. The number of fused-ring (bicyclic) bond motifs is 3. The molecule has 0 saturated carbocycles. The predicted octanol–water partition coefficient (Wildman–Crippen LogP) is 2.58. The van der Waals surface area contributed by atoms with Crippen LogP contribution in [0.5, 0.6) is 0 Å². The van der Waals surface area contributed by atoms with Crippen molar-refractivity contribution in [3.05, 3.63) is 62.5 Å². The summed E-state index contributed by atoms with van der Waals surface area (Å²) in [6.07, 6.45) is 3.60. The van der Waals surface area contributed by atoms with Gasteiger partial charge >= 0.3 is 0 Å². The average Bonchev–Trinajstić information content (AvgIpc) is 3.39. The normalized spacial score (nSPS) is 15.6. The van der Waals surface area contributed by atoms with E-state index in [1.54, 1.807) is 21.9 Å². The number of nitrogens with one attached hydrogen (secondary N) is 2. The van der Waals surface area contributed by atoms with Gasteiger partial charge in [0.2, 0.25) is 0 Å². The zero-order chi connectivity index (χ0) is 21.4. The molecule has 1 amide bonds. The number of rotatable bonds is 5. The van der Waals surface area contributed by atoms with E-state index in [1.807, 2.05) is 25.1 Å². The number of para-hydroxylation sites is 1. The molecular weight excluding hydrogens is 412 g/mol. The van der Waals surface area contributed by atoms with Crippen LogP contribution in [-0.2, 0) is 6.54 Å².